The number of nitrogens with two attached hydrogens (primary N) is 1. The molecule has 0 aromatic carbocycles. The van der Waals surface area contributed by atoms with E-state index >= 15 is 0 Å². The molecule has 4 heterocycles. The van der Waals surface area contributed by atoms with Crippen LogP contribution < -0.4 is 20.7 Å². The third kappa shape index (κ3) is 7.59. The molecule has 0 bridgehead atoms. The van der Waals surface area contributed by atoms with Gasteiger partial charge in [-0.3, -0.25) is 14.5 Å². The van der Waals surface area contributed by atoms with Crippen molar-refractivity contribution in [3.8, 4) is 0 Å². The van der Waals surface area contributed by atoms with Gasteiger partial charge < -0.3 is 30.7 Å². The normalized spacial score (nSPS) is 18.7. The van der Waals surface area contributed by atoms with E-state index in [9.17, 15) is 19.5 Å². The zero-order chi connectivity index (χ0) is 30.2. The summed E-state index contributed by atoms with van der Waals surface area (Å²) < 4.78 is 2.12. The lowest BCUT2D eigenvalue weighted by molar-refractivity contribution is -0.699. The molecule has 222 valence electrons. The second-order valence-corrected chi connectivity index (χ2v) is 12.4. The Kier molecular flexibility index (Phi) is 10.8. The number of carbonyl (C=O) groups excluding carboxylic acids is 3. The number of aromatic nitrogens is 2. The van der Waals surface area contributed by atoms with Crippen molar-refractivity contribution in [2.24, 2.45) is 5.16 Å². The van der Waals surface area contributed by atoms with Gasteiger partial charge in [-0.25, -0.2) is 9.55 Å². The number of nitrogens with one attached hydrogen (secondary N) is 1. The van der Waals surface area contributed by atoms with E-state index in [4.69, 9.17) is 10.6 Å². The van der Waals surface area contributed by atoms with Crippen LogP contribution in [0.25, 0.3) is 0 Å². The average Bonchev–Trinajstić information content (AvgIpc) is 3.39. The van der Waals surface area contributed by atoms with Gasteiger partial charge >= 0.3 is 0 Å². The van der Waals surface area contributed by atoms with Gasteiger partial charge in [0.2, 0.25) is 0 Å². The van der Waals surface area contributed by atoms with E-state index in [0.29, 0.717) is 11.3 Å². The molecule has 42 heavy (non-hydrogen) atoms. The largest absolute Gasteiger partial charge is 0.543 e. The van der Waals surface area contributed by atoms with Crippen LogP contribution in [0.5, 0.6) is 0 Å². The number of carboxylic acids is 1. The lowest BCUT2D eigenvalue weighted by Crippen LogP contribution is -2.71. The Morgan fingerprint density at radius 1 is 1.45 bits per heavy atom. The van der Waals surface area contributed by atoms with E-state index in [0.717, 1.165) is 40.6 Å². The van der Waals surface area contributed by atoms with Crippen LogP contribution in [0.1, 0.15) is 12.1 Å². The Balaban J connectivity index is 1.43. The maximum Gasteiger partial charge on any atom is 0.276 e. The fourth-order valence-electron chi connectivity index (χ4n) is 4.20. The molecule has 0 radical (unpaired) electrons. The number of hydrogen-bond donors (Lipinski definition) is 2. The predicted octanol–water partition coefficient (Wildman–Crippen LogP) is 0.581. The van der Waals surface area contributed by atoms with Crippen LogP contribution in [0.4, 0.5) is 5.13 Å². The van der Waals surface area contributed by atoms with Gasteiger partial charge in [0.05, 0.1) is 16.6 Å². The third-order valence-electron chi connectivity index (χ3n) is 6.13. The number of oxime groups is 1. The van der Waals surface area contributed by atoms with Gasteiger partial charge in [-0.15, -0.1) is 23.1 Å². The number of thiazole rings is 1. The maximum absolute atomic E-state index is 13.1. The number of aliphatic carboxylic acids is 1. The predicted molar refractivity (Wildman–Crippen MR) is 161 cm³/mol. The van der Waals surface area contributed by atoms with Gasteiger partial charge in [-0.05, 0) is 37.2 Å². The molecule has 2 aromatic rings. The Morgan fingerprint density at radius 2 is 2.26 bits per heavy atom. The molecule has 2 amide bonds. The lowest BCUT2D eigenvalue weighted by atomic mass is 10.0. The number of fused-ring (bicyclic) bond motifs is 1. The van der Waals surface area contributed by atoms with Crippen molar-refractivity contribution in [2.45, 2.75) is 29.3 Å². The van der Waals surface area contributed by atoms with Crippen LogP contribution in [-0.4, -0.2) is 82.7 Å². The van der Waals surface area contributed by atoms with Gasteiger partial charge in [-0.1, -0.05) is 29.6 Å². The van der Waals surface area contributed by atoms with E-state index < -0.39 is 29.2 Å². The molecule has 15 heteroatoms. The number of allylic oxidation sites excluding steroid dienone is 1. The van der Waals surface area contributed by atoms with Crippen LogP contribution in [0.15, 0.2) is 75.4 Å². The third-order valence-corrected chi connectivity index (χ3v) is 8.89. The first kappa shape index (κ1) is 31.3. The quantitative estimate of drug-likeness (QED) is 0.0576. The number of amides is 2. The number of thioether (sulfide) groups is 2. The second-order valence-electron chi connectivity index (χ2n) is 9.47. The van der Waals surface area contributed by atoms with Crippen molar-refractivity contribution in [3.05, 3.63) is 71.0 Å². The summed E-state index contributed by atoms with van der Waals surface area (Å²) >= 11 is 3.91. The number of pyridine rings is 1. The highest BCUT2D eigenvalue weighted by Crippen LogP contribution is 2.40. The number of carboxylic acid groups (broad SMARTS) is 1. The first-order chi connectivity index (χ1) is 20.2. The SMILES string of the molecule is C=CCO/N=C(\C(=O)N[C@@H]1C(=O)N2C(C(=O)[O-])=C(/C=C/Sc3ccc[n+](CCCN(C)C)c3)CS[C@H]12)c1csc(N)n1. The molecule has 0 unspecified atom stereocenters. The van der Waals surface area contributed by atoms with Gasteiger partial charge in [0, 0.05) is 30.2 Å². The van der Waals surface area contributed by atoms with Gasteiger partial charge in [0.1, 0.15) is 30.3 Å². The minimum absolute atomic E-state index is 0.0560. The molecular formula is C27H31N7O5S3. The minimum Gasteiger partial charge on any atom is -0.543 e. The number of hydrogen-bond acceptors (Lipinski definition) is 12. The number of β-lactam (4-membered cyclic amide) rings is 1. The molecule has 1 saturated heterocycles. The monoisotopic (exact) mass is 629 g/mol. The van der Waals surface area contributed by atoms with E-state index in [1.54, 1.807) is 16.9 Å². The highest BCUT2D eigenvalue weighted by molar-refractivity contribution is 8.02. The number of anilines is 1. The van der Waals surface area contributed by atoms with E-state index in [2.05, 4.69) is 31.5 Å². The molecule has 0 aliphatic carbocycles. The number of carbonyl (C=O) groups is 3. The minimum atomic E-state index is -1.46. The van der Waals surface area contributed by atoms with Crippen molar-refractivity contribution < 1.29 is 28.9 Å². The Hall–Kier alpha value is -3.66. The van der Waals surface area contributed by atoms with E-state index in [-0.39, 0.29) is 28.8 Å². The summed E-state index contributed by atoms with van der Waals surface area (Å²) in [6.45, 7) is 5.47. The Bertz CT molecular complexity index is 1440. The summed E-state index contributed by atoms with van der Waals surface area (Å²) in [5.74, 6) is -2.42. The average molecular weight is 630 g/mol. The highest BCUT2D eigenvalue weighted by Gasteiger charge is 2.53. The first-order valence-corrected chi connectivity index (χ1v) is 15.7. The maximum atomic E-state index is 13.1. The lowest BCUT2D eigenvalue weighted by Gasteiger charge is -2.50. The van der Waals surface area contributed by atoms with E-state index in [1.807, 2.05) is 38.6 Å². The summed E-state index contributed by atoms with van der Waals surface area (Å²) in [6, 6.07) is 2.98. The van der Waals surface area contributed by atoms with Gasteiger partial charge in [0.25, 0.3) is 11.8 Å². The van der Waals surface area contributed by atoms with Crippen molar-refractivity contribution in [3.63, 3.8) is 0 Å². The summed E-state index contributed by atoms with van der Waals surface area (Å²) in [5.41, 5.74) is 5.99. The van der Waals surface area contributed by atoms with Crippen molar-refractivity contribution in [2.75, 3.05) is 38.7 Å². The van der Waals surface area contributed by atoms with Crippen LogP contribution in [-0.2, 0) is 25.8 Å². The Labute approximate surface area is 256 Å². The molecule has 2 atom stereocenters. The molecule has 4 rings (SSSR count). The van der Waals surface area contributed by atoms with Crippen molar-refractivity contribution in [1.29, 1.82) is 0 Å². The van der Waals surface area contributed by atoms with E-state index in [1.165, 1.54) is 29.6 Å². The van der Waals surface area contributed by atoms with Crippen LogP contribution in [0.2, 0.25) is 0 Å². The van der Waals surface area contributed by atoms with Crippen LogP contribution >= 0.6 is 34.9 Å². The molecule has 3 N–H and O–H groups in total. The number of nitrogens with zero attached hydrogens (tertiary/aromatic N) is 5. The molecule has 2 aliphatic heterocycles. The molecule has 1 fully saturated rings. The van der Waals surface area contributed by atoms with Crippen LogP contribution in [0, 0.1) is 0 Å². The molecular weight excluding hydrogens is 599 g/mol. The number of nitrogen functional groups attached to an aromatic ring is 1. The second kappa shape index (κ2) is 14.5. The van der Waals surface area contributed by atoms with Crippen molar-refractivity contribution in [1.82, 2.24) is 20.1 Å². The van der Waals surface area contributed by atoms with Gasteiger partial charge in [-0.2, -0.15) is 0 Å². The van der Waals surface area contributed by atoms with Crippen molar-refractivity contribution >= 4 is 63.5 Å². The first-order valence-electron chi connectivity index (χ1n) is 12.9. The van der Waals surface area contributed by atoms with Gasteiger partial charge in [0.15, 0.2) is 23.2 Å². The Morgan fingerprint density at radius 3 is 2.95 bits per heavy atom. The molecule has 0 saturated carbocycles. The summed E-state index contributed by atoms with van der Waals surface area (Å²) in [4.78, 5) is 51.8. The molecule has 12 nitrogen and oxygen atoms in total. The molecule has 2 aliphatic rings. The zero-order valence-electron chi connectivity index (χ0n) is 23.1. The summed E-state index contributed by atoms with van der Waals surface area (Å²) in [7, 11) is 4.09. The summed E-state index contributed by atoms with van der Waals surface area (Å²) in [6.07, 6.45) is 8.22. The fourth-order valence-corrected chi connectivity index (χ4v) is 6.81. The summed E-state index contributed by atoms with van der Waals surface area (Å²) in [5, 5.41) is 21.6. The molecule has 2 aromatic heterocycles. The highest BCUT2D eigenvalue weighted by atomic mass is 32.2. The smallest absolute Gasteiger partial charge is 0.276 e. The molecule has 0 spiro atoms. The van der Waals surface area contributed by atoms with Crippen LogP contribution in [0.3, 0.4) is 0 Å². The fraction of sp³-hybridized carbons (Fsp3) is 0.333. The topological polar surface area (TPSA) is 157 Å². The zero-order valence-corrected chi connectivity index (χ0v) is 25.5. The standard InChI is InChI=1S/C27H31N7O5S3/c1-4-12-39-31-20(19-16-42-27(28)29-19)23(35)30-21-24(36)34-22(26(37)38)17(15-41-25(21)34)8-13-40-18-7-5-10-33(14-18)11-6-9-32(2)3/h4-5,7-8,10,13-14,16,21,25H,1,6,9,11-12,15H2,2-3H3,(H3-,28,29,30,35,37,38)/b13-8+,31-20-/t21-,25-/m1/s1. The number of rotatable bonds is 14. The number of aryl methyl sites for hydroxylation is 1.